The zero-order chi connectivity index (χ0) is 13.6. The molecule has 0 aromatic rings. The van der Waals surface area contributed by atoms with Crippen molar-refractivity contribution >= 4 is 5.97 Å². The Kier molecular flexibility index (Phi) is 6.98. The molecule has 0 aromatic heterocycles. The summed E-state index contributed by atoms with van der Waals surface area (Å²) in [5, 5.41) is 37.6. The van der Waals surface area contributed by atoms with E-state index >= 15 is 0 Å². The van der Waals surface area contributed by atoms with Crippen LogP contribution in [0.25, 0.3) is 0 Å². The van der Waals surface area contributed by atoms with Crippen LogP contribution in [0.5, 0.6) is 0 Å². The Hall–Kier alpha value is -0.950. The van der Waals surface area contributed by atoms with Crippen molar-refractivity contribution in [3.63, 3.8) is 0 Å². The average Bonchev–Trinajstić information content (AvgIpc) is 2.32. The lowest BCUT2D eigenvalue weighted by molar-refractivity contribution is -0.150. The van der Waals surface area contributed by atoms with Gasteiger partial charge in [0.25, 0.3) is 0 Å². The molecule has 0 saturated carbocycles. The van der Waals surface area contributed by atoms with Crippen LogP contribution in [-0.4, -0.2) is 57.4 Å². The molecule has 4 N–H and O–H groups in total. The van der Waals surface area contributed by atoms with Crippen LogP contribution >= 0.6 is 0 Å². The zero-order valence-electron chi connectivity index (χ0n) is 10.0. The first-order valence-electron chi connectivity index (χ1n) is 5.36. The fourth-order valence-electron chi connectivity index (χ4n) is 1.08. The van der Waals surface area contributed by atoms with Gasteiger partial charge < -0.3 is 25.2 Å². The molecule has 0 saturated heterocycles. The largest absolute Gasteiger partial charge is 0.459 e. The van der Waals surface area contributed by atoms with Gasteiger partial charge in [-0.15, -0.1) is 0 Å². The molecule has 0 aliphatic heterocycles. The number of ether oxygens (including phenoxy) is 1. The zero-order valence-corrected chi connectivity index (χ0v) is 10.0. The highest BCUT2D eigenvalue weighted by Gasteiger charge is 2.30. The van der Waals surface area contributed by atoms with Crippen LogP contribution in [0.15, 0.2) is 12.2 Å². The maximum atomic E-state index is 11.0. The predicted octanol–water partition coefficient (Wildman–Crippen LogP) is -1.04. The number of carbonyl (C=O) groups is 1. The van der Waals surface area contributed by atoms with Crippen LogP contribution in [0, 0.1) is 0 Å². The summed E-state index contributed by atoms with van der Waals surface area (Å²) in [6.07, 6.45) is -5.44. The van der Waals surface area contributed by atoms with Gasteiger partial charge in [-0.3, -0.25) is 0 Å². The molecule has 0 aromatic carbocycles. The van der Waals surface area contributed by atoms with Gasteiger partial charge in [0.05, 0.1) is 6.10 Å². The Balaban J connectivity index is 4.18. The molecule has 17 heavy (non-hydrogen) atoms. The molecule has 0 rings (SSSR count). The Morgan fingerprint density at radius 3 is 2.06 bits per heavy atom. The summed E-state index contributed by atoms with van der Waals surface area (Å²) in [7, 11) is 0. The maximum absolute atomic E-state index is 11.0. The SMILES string of the molecule is C=C(C)C(=O)OCC(O)C(O)C(O)C(O)CC. The molecule has 6 heteroatoms. The van der Waals surface area contributed by atoms with Gasteiger partial charge in [-0.1, -0.05) is 13.5 Å². The van der Waals surface area contributed by atoms with Crippen molar-refractivity contribution in [3.05, 3.63) is 12.2 Å². The number of aliphatic hydroxyl groups excluding tert-OH is 4. The molecule has 100 valence electrons. The second-order valence-electron chi connectivity index (χ2n) is 3.90. The monoisotopic (exact) mass is 248 g/mol. The summed E-state index contributed by atoms with van der Waals surface area (Å²) in [5.41, 5.74) is 0.167. The summed E-state index contributed by atoms with van der Waals surface area (Å²) < 4.78 is 4.61. The third kappa shape index (κ3) is 5.27. The standard InChI is InChI=1S/C11H20O6/c1-4-7(12)9(14)10(15)8(13)5-17-11(16)6(2)3/h7-10,12-15H,2,4-5H2,1,3H3. The normalized spacial score (nSPS) is 18.0. The highest BCUT2D eigenvalue weighted by molar-refractivity contribution is 5.86. The lowest BCUT2D eigenvalue weighted by atomic mass is 10.0. The third-order valence-corrected chi connectivity index (χ3v) is 2.29. The molecule has 0 aliphatic rings. The van der Waals surface area contributed by atoms with E-state index in [4.69, 9.17) is 0 Å². The topological polar surface area (TPSA) is 107 Å². The number of carbonyl (C=O) groups excluding carboxylic acids is 1. The van der Waals surface area contributed by atoms with Crippen molar-refractivity contribution < 1.29 is 30.0 Å². The van der Waals surface area contributed by atoms with Crippen LogP contribution in [0.1, 0.15) is 20.3 Å². The maximum Gasteiger partial charge on any atom is 0.333 e. The minimum Gasteiger partial charge on any atom is -0.459 e. The van der Waals surface area contributed by atoms with Gasteiger partial charge in [-0.25, -0.2) is 4.79 Å². The van der Waals surface area contributed by atoms with E-state index in [0.717, 1.165) is 0 Å². The second kappa shape index (κ2) is 7.39. The van der Waals surface area contributed by atoms with E-state index in [2.05, 4.69) is 11.3 Å². The molecular weight excluding hydrogens is 228 g/mol. The second-order valence-corrected chi connectivity index (χ2v) is 3.90. The van der Waals surface area contributed by atoms with E-state index in [9.17, 15) is 25.2 Å². The molecular formula is C11H20O6. The van der Waals surface area contributed by atoms with Crippen molar-refractivity contribution in [1.82, 2.24) is 0 Å². The summed E-state index contributed by atoms with van der Waals surface area (Å²) >= 11 is 0. The molecule has 0 fully saturated rings. The van der Waals surface area contributed by atoms with E-state index in [1.165, 1.54) is 6.92 Å². The number of hydrogen-bond donors (Lipinski definition) is 4. The summed E-state index contributed by atoms with van der Waals surface area (Å²) in [5.74, 6) is -0.693. The number of esters is 1. The first-order valence-corrected chi connectivity index (χ1v) is 5.36. The Bertz CT molecular complexity index is 265. The first kappa shape index (κ1) is 16.1. The lowest BCUT2D eigenvalue weighted by Gasteiger charge is -2.25. The average molecular weight is 248 g/mol. The summed E-state index contributed by atoms with van der Waals surface area (Å²) in [6, 6.07) is 0. The predicted molar refractivity (Wildman–Crippen MR) is 60.1 cm³/mol. The number of rotatable bonds is 7. The molecule has 4 unspecified atom stereocenters. The van der Waals surface area contributed by atoms with Crippen molar-refractivity contribution in [1.29, 1.82) is 0 Å². The quantitative estimate of drug-likeness (QED) is 0.338. The van der Waals surface area contributed by atoms with Crippen LogP contribution in [0.2, 0.25) is 0 Å². The van der Waals surface area contributed by atoms with Gasteiger partial charge in [-0.05, 0) is 13.3 Å². The van der Waals surface area contributed by atoms with Crippen molar-refractivity contribution in [3.8, 4) is 0 Å². The van der Waals surface area contributed by atoms with Crippen molar-refractivity contribution in [2.24, 2.45) is 0 Å². The molecule has 0 amide bonds. The Morgan fingerprint density at radius 2 is 1.65 bits per heavy atom. The molecule has 0 spiro atoms. The lowest BCUT2D eigenvalue weighted by Crippen LogP contribution is -2.46. The minimum absolute atomic E-state index is 0.167. The number of hydrogen-bond acceptors (Lipinski definition) is 6. The van der Waals surface area contributed by atoms with Crippen molar-refractivity contribution in [2.45, 2.75) is 44.7 Å². The molecule has 0 aliphatic carbocycles. The fraction of sp³-hybridized carbons (Fsp3) is 0.727. The van der Waals surface area contributed by atoms with Crippen LogP contribution in [0.3, 0.4) is 0 Å². The van der Waals surface area contributed by atoms with Gasteiger partial charge in [0.2, 0.25) is 0 Å². The third-order valence-electron chi connectivity index (χ3n) is 2.29. The van der Waals surface area contributed by atoms with E-state index in [-0.39, 0.29) is 12.0 Å². The Labute approximate surface area is 100 Å². The van der Waals surface area contributed by atoms with Gasteiger partial charge in [-0.2, -0.15) is 0 Å². The van der Waals surface area contributed by atoms with Crippen LogP contribution < -0.4 is 0 Å². The van der Waals surface area contributed by atoms with Gasteiger partial charge in [0, 0.05) is 5.57 Å². The summed E-state index contributed by atoms with van der Waals surface area (Å²) in [4.78, 5) is 11.0. The van der Waals surface area contributed by atoms with Crippen LogP contribution in [0.4, 0.5) is 0 Å². The molecule has 6 nitrogen and oxygen atoms in total. The van der Waals surface area contributed by atoms with Gasteiger partial charge >= 0.3 is 5.97 Å². The molecule has 0 bridgehead atoms. The first-order chi connectivity index (χ1) is 7.81. The van der Waals surface area contributed by atoms with Gasteiger partial charge in [0.15, 0.2) is 0 Å². The van der Waals surface area contributed by atoms with E-state index < -0.39 is 37.0 Å². The summed E-state index contributed by atoms with van der Waals surface area (Å²) in [6.45, 7) is 5.94. The fourth-order valence-corrected chi connectivity index (χ4v) is 1.08. The van der Waals surface area contributed by atoms with Crippen LogP contribution in [-0.2, 0) is 9.53 Å². The Morgan fingerprint density at radius 1 is 1.18 bits per heavy atom. The van der Waals surface area contributed by atoms with Crippen molar-refractivity contribution in [2.75, 3.05) is 6.61 Å². The number of aliphatic hydroxyl groups is 4. The molecule has 0 heterocycles. The highest BCUT2D eigenvalue weighted by atomic mass is 16.5. The molecule has 0 radical (unpaired) electrons. The van der Waals surface area contributed by atoms with E-state index in [0.29, 0.717) is 0 Å². The smallest absolute Gasteiger partial charge is 0.333 e. The highest BCUT2D eigenvalue weighted by Crippen LogP contribution is 2.08. The molecule has 4 atom stereocenters. The van der Waals surface area contributed by atoms with E-state index in [1.807, 2.05) is 0 Å². The minimum atomic E-state index is -1.58. The van der Waals surface area contributed by atoms with E-state index in [1.54, 1.807) is 6.92 Å². The van der Waals surface area contributed by atoms with Gasteiger partial charge in [0.1, 0.15) is 24.9 Å².